The van der Waals surface area contributed by atoms with Gasteiger partial charge in [-0.15, -0.1) is 24.0 Å². The number of hydrogen-bond donors (Lipinski definition) is 2. The molecule has 1 aromatic heterocycles. The molecule has 2 heterocycles. The molecule has 0 amide bonds. The molecule has 184 valence electrons. The third kappa shape index (κ3) is 7.43. The third-order valence-corrected chi connectivity index (χ3v) is 5.70. The number of benzene rings is 1. The molecule has 1 atom stereocenters. The Morgan fingerprint density at radius 1 is 1.09 bits per heavy atom. The van der Waals surface area contributed by atoms with Gasteiger partial charge < -0.3 is 29.3 Å². The quantitative estimate of drug-likeness (QED) is 0.241. The Morgan fingerprint density at radius 3 is 2.33 bits per heavy atom. The van der Waals surface area contributed by atoms with Gasteiger partial charge in [0.1, 0.15) is 23.0 Å². The van der Waals surface area contributed by atoms with Crippen LogP contribution in [-0.2, 0) is 6.42 Å². The molecule has 0 radical (unpaired) electrons. The molecule has 1 saturated heterocycles. The molecule has 3 rings (SSSR count). The smallest absolute Gasteiger partial charge is 0.191 e. The summed E-state index contributed by atoms with van der Waals surface area (Å²) in [5.74, 6) is 3.96. The molecule has 1 aliphatic rings. The average molecular weight is 572 g/mol. The van der Waals surface area contributed by atoms with Gasteiger partial charge in [-0.1, -0.05) is 0 Å². The van der Waals surface area contributed by atoms with Crippen LogP contribution in [0.15, 0.2) is 39.9 Å². The Kier molecular flexibility index (Phi) is 11.7. The van der Waals surface area contributed by atoms with Gasteiger partial charge in [0.15, 0.2) is 5.96 Å². The SMILES string of the molecule is CCNC(=NCC(c1ccco1)N1CCCC1)NCCc1c(OC)cc(OC)cc1OC.I. The molecule has 9 heteroatoms. The van der Waals surface area contributed by atoms with Crippen LogP contribution in [0.1, 0.15) is 37.1 Å². The van der Waals surface area contributed by atoms with Crippen molar-refractivity contribution in [1.29, 1.82) is 0 Å². The Balaban J connectivity index is 0.00000385. The van der Waals surface area contributed by atoms with Gasteiger partial charge in [-0.2, -0.15) is 0 Å². The first kappa shape index (κ1) is 27.1. The topological polar surface area (TPSA) is 80.5 Å². The molecule has 2 N–H and O–H groups in total. The van der Waals surface area contributed by atoms with Crippen LogP contribution in [0.25, 0.3) is 0 Å². The number of methoxy groups -OCH3 is 3. The number of nitrogens with one attached hydrogen (secondary N) is 2. The molecule has 8 nitrogen and oxygen atoms in total. The van der Waals surface area contributed by atoms with Crippen LogP contribution in [0, 0.1) is 0 Å². The molecule has 1 aromatic carbocycles. The predicted molar refractivity (Wildman–Crippen MR) is 141 cm³/mol. The summed E-state index contributed by atoms with van der Waals surface area (Å²) in [6.45, 7) is 6.34. The fourth-order valence-electron chi connectivity index (χ4n) is 4.07. The first-order valence-corrected chi connectivity index (χ1v) is 11.3. The number of guanidine groups is 1. The number of likely N-dealkylation sites (tertiary alicyclic amines) is 1. The second kappa shape index (κ2) is 14.2. The number of aliphatic imine (C=N–C) groups is 1. The van der Waals surface area contributed by atoms with Gasteiger partial charge in [-0.25, -0.2) is 0 Å². The summed E-state index contributed by atoms with van der Waals surface area (Å²) < 4.78 is 22.2. The number of halogens is 1. The molecular formula is C24H37IN4O4. The molecular weight excluding hydrogens is 535 g/mol. The van der Waals surface area contributed by atoms with Crippen LogP contribution in [0.3, 0.4) is 0 Å². The van der Waals surface area contributed by atoms with E-state index in [2.05, 4.69) is 22.5 Å². The van der Waals surface area contributed by atoms with Crippen LogP contribution < -0.4 is 24.8 Å². The van der Waals surface area contributed by atoms with Crippen LogP contribution >= 0.6 is 24.0 Å². The standard InChI is InChI=1S/C24H36N4O4.HI/c1-5-25-24(27-17-20(21-9-8-14-32-21)28-12-6-7-13-28)26-11-10-19-22(30-3)15-18(29-2)16-23(19)31-4;/h8-9,14-16,20H,5-7,10-13,17H2,1-4H3,(H2,25,26,27);1H. The van der Waals surface area contributed by atoms with Crippen molar-refractivity contribution in [2.75, 3.05) is 54.1 Å². The molecule has 0 saturated carbocycles. The zero-order valence-corrected chi connectivity index (χ0v) is 22.4. The highest BCUT2D eigenvalue weighted by Crippen LogP contribution is 2.34. The molecule has 0 aliphatic carbocycles. The average Bonchev–Trinajstić information content (AvgIpc) is 3.54. The second-order valence-corrected chi connectivity index (χ2v) is 7.68. The van der Waals surface area contributed by atoms with Crippen molar-refractivity contribution in [3.8, 4) is 17.2 Å². The molecule has 1 unspecified atom stereocenters. The van der Waals surface area contributed by atoms with E-state index in [1.165, 1.54) is 12.8 Å². The van der Waals surface area contributed by atoms with Gasteiger partial charge in [0.05, 0.1) is 40.2 Å². The normalized spacial score (nSPS) is 15.0. The fraction of sp³-hybridized carbons (Fsp3) is 0.542. The maximum absolute atomic E-state index is 5.72. The molecule has 33 heavy (non-hydrogen) atoms. The van der Waals surface area contributed by atoms with Gasteiger partial charge in [0.2, 0.25) is 0 Å². The zero-order chi connectivity index (χ0) is 22.8. The van der Waals surface area contributed by atoms with E-state index in [9.17, 15) is 0 Å². The lowest BCUT2D eigenvalue weighted by atomic mass is 10.1. The maximum Gasteiger partial charge on any atom is 0.191 e. The van der Waals surface area contributed by atoms with Crippen LogP contribution in [0.4, 0.5) is 0 Å². The minimum absolute atomic E-state index is 0. The van der Waals surface area contributed by atoms with Crippen molar-refractivity contribution in [2.24, 2.45) is 4.99 Å². The molecule has 0 bridgehead atoms. The van der Waals surface area contributed by atoms with Crippen molar-refractivity contribution in [3.63, 3.8) is 0 Å². The van der Waals surface area contributed by atoms with E-state index in [1.807, 2.05) is 24.3 Å². The van der Waals surface area contributed by atoms with Gasteiger partial charge in [-0.05, 0) is 51.4 Å². The van der Waals surface area contributed by atoms with Crippen molar-refractivity contribution >= 4 is 29.9 Å². The highest BCUT2D eigenvalue weighted by Gasteiger charge is 2.25. The molecule has 1 fully saturated rings. The molecule has 1 aliphatic heterocycles. The van der Waals surface area contributed by atoms with Crippen molar-refractivity contribution in [1.82, 2.24) is 15.5 Å². The first-order chi connectivity index (χ1) is 15.7. The third-order valence-electron chi connectivity index (χ3n) is 5.70. The van der Waals surface area contributed by atoms with Crippen molar-refractivity contribution in [2.45, 2.75) is 32.2 Å². The minimum atomic E-state index is 0. The zero-order valence-electron chi connectivity index (χ0n) is 20.1. The summed E-state index contributed by atoms with van der Waals surface area (Å²) in [7, 11) is 4.94. The number of furan rings is 1. The predicted octanol–water partition coefficient (Wildman–Crippen LogP) is 3.86. The lowest BCUT2D eigenvalue weighted by Gasteiger charge is -2.24. The van der Waals surface area contributed by atoms with Crippen LogP contribution in [0.5, 0.6) is 17.2 Å². The number of ether oxygens (including phenoxy) is 3. The Bertz CT molecular complexity index is 829. The van der Waals surface area contributed by atoms with Gasteiger partial charge in [0, 0.05) is 30.8 Å². The van der Waals surface area contributed by atoms with Gasteiger partial charge in [0.25, 0.3) is 0 Å². The lowest BCUT2D eigenvalue weighted by Crippen LogP contribution is -2.39. The highest BCUT2D eigenvalue weighted by atomic mass is 127. The summed E-state index contributed by atoms with van der Waals surface area (Å²) in [4.78, 5) is 7.33. The second-order valence-electron chi connectivity index (χ2n) is 7.68. The van der Waals surface area contributed by atoms with E-state index in [4.69, 9.17) is 23.6 Å². The number of hydrogen-bond acceptors (Lipinski definition) is 6. The summed E-state index contributed by atoms with van der Waals surface area (Å²) in [6.07, 6.45) is 4.91. The van der Waals surface area contributed by atoms with Crippen LogP contribution in [0.2, 0.25) is 0 Å². The maximum atomic E-state index is 5.72. The Hall–Kier alpha value is -2.14. The first-order valence-electron chi connectivity index (χ1n) is 11.3. The molecule has 0 spiro atoms. The summed E-state index contributed by atoms with van der Waals surface area (Å²) in [5, 5.41) is 6.78. The van der Waals surface area contributed by atoms with Crippen molar-refractivity contribution in [3.05, 3.63) is 41.9 Å². The monoisotopic (exact) mass is 572 g/mol. The Labute approximate surface area is 214 Å². The summed E-state index contributed by atoms with van der Waals surface area (Å²) in [6, 6.07) is 7.90. The molecule has 2 aromatic rings. The van der Waals surface area contributed by atoms with E-state index in [-0.39, 0.29) is 30.0 Å². The van der Waals surface area contributed by atoms with Crippen LogP contribution in [-0.4, -0.2) is 64.9 Å². The largest absolute Gasteiger partial charge is 0.496 e. The van der Waals surface area contributed by atoms with Crippen molar-refractivity contribution < 1.29 is 18.6 Å². The summed E-state index contributed by atoms with van der Waals surface area (Å²) >= 11 is 0. The van der Waals surface area contributed by atoms with Gasteiger partial charge in [-0.3, -0.25) is 9.89 Å². The van der Waals surface area contributed by atoms with E-state index in [0.717, 1.165) is 48.4 Å². The number of rotatable bonds is 11. The van der Waals surface area contributed by atoms with E-state index >= 15 is 0 Å². The number of nitrogens with zero attached hydrogens (tertiary/aromatic N) is 2. The lowest BCUT2D eigenvalue weighted by molar-refractivity contribution is 0.221. The van der Waals surface area contributed by atoms with E-state index in [0.29, 0.717) is 25.3 Å². The summed E-state index contributed by atoms with van der Waals surface area (Å²) in [5.41, 5.74) is 0.990. The van der Waals surface area contributed by atoms with E-state index in [1.54, 1.807) is 27.6 Å². The Morgan fingerprint density at radius 2 is 1.79 bits per heavy atom. The minimum Gasteiger partial charge on any atom is -0.496 e. The van der Waals surface area contributed by atoms with E-state index < -0.39 is 0 Å². The fourth-order valence-corrected chi connectivity index (χ4v) is 4.07. The van der Waals surface area contributed by atoms with Gasteiger partial charge >= 0.3 is 0 Å². The highest BCUT2D eigenvalue weighted by molar-refractivity contribution is 14.0.